The molecule has 9 heteroatoms. The third kappa shape index (κ3) is 2.99. The maximum absolute atomic E-state index is 12.9. The molecule has 0 unspecified atom stereocenters. The first-order chi connectivity index (χ1) is 14.4. The largest absolute Gasteiger partial charge is 0.377 e. The fraction of sp³-hybridized carbons (Fsp3) is 0.476. The highest BCUT2D eigenvalue weighted by Crippen LogP contribution is 2.41. The van der Waals surface area contributed by atoms with Crippen molar-refractivity contribution in [1.29, 1.82) is 0 Å². The molecule has 2 aliphatic rings. The second-order valence-corrected chi connectivity index (χ2v) is 10.8. The number of aromatic nitrogens is 4. The molecule has 158 valence electrons. The molecular formula is C21H25N5O3S. The molecule has 0 amide bonds. The maximum Gasteiger partial charge on any atom is 0.237 e. The zero-order chi connectivity index (χ0) is 20.9. The van der Waals surface area contributed by atoms with E-state index in [2.05, 4.69) is 16.8 Å². The Morgan fingerprint density at radius 1 is 1.23 bits per heavy atom. The quantitative estimate of drug-likeness (QED) is 0.634. The van der Waals surface area contributed by atoms with Crippen molar-refractivity contribution in [3.05, 3.63) is 42.4 Å². The van der Waals surface area contributed by atoms with Crippen LogP contribution in [0.2, 0.25) is 0 Å². The number of ether oxygens (including phenoxy) is 1. The number of fused-ring (bicyclic) bond motifs is 1. The second-order valence-electron chi connectivity index (χ2n) is 8.29. The minimum Gasteiger partial charge on any atom is -0.377 e. The van der Waals surface area contributed by atoms with Gasteiger partial charge in [0.1, 0.15) is 16.9 Å². The van der Waals surface area contributed by atoms with Gasteiger partial charge >= 0.3 is 0 Å². The highest BCUT2D eigenvalue weighted by atomic mass is 32.2. The van der Waals surface area contributed by atoms with Crippen LogP contribution in [0.3, 0.4) is 0 Å². The Hall–Kier alpha value is -2.52. The van der Waals surface area contributed by atoms with Gasteiger partial charge in [0.25, 0.3) is 0 Å². The van der Waals surface area contributed by atoms with E-state index in [1.807, 2.05) is 34.9 Å². The second kappa shape index (κ2) is 7.02. The highest BCUT2D eigenvalue weighted by Gasteiger charge is 2.47. The van der Waals surface area contributed by atoms with Crippen LogP contribution in [0, 0.1) is 0 Å². The molecule has 2 fully saturated rings. The molecule has 4 heterocycles. The van der Waals surface area contributed by atoms with E-state index < -0.39 is 14.6 Å². The van der Waals surface area contributed by atoms with Crippen molar-refractivity contribution in [3.63, 3.8) is 0 Å². The summed E-state index contributed by atoms with van der Waals surface area (Å²) in [6.07, 6.45) is 2.91. The molecule has 3 aromatic rings. The van der Waals surface area contributed by atoms with E-state index in [1.165, 1.54) is 0 Å². The van der Waals surface area contributed by atoms with Crippen molar-refractivity contribution < 1.29 is 13.2 Å². The Kier molecular flexibility index (Phi) is 4.55. The monoisotopic (exact) mass is 427 g/mol. The van der Waals surface area contributed by atoms with Crippen LogP contribution in [-0.4, -0.2) is 59.5 Å². The molecule has 1 aromatic carbocycles. The van der Waals surface area contributed by atoms with E-state index >= 15 is 0 Å². The summed E-state index contributed by atoms with van der Waals surface area (Å²) in [6, 6.07) is 9.77. The van der Waals surface area contributed by atoms with Crippen molar-refractivity contribution in [2.45, 2.75) is 37.5 Å². The Bertz CT molecular complexity index is 1210. The Morgan fingerprint density at radius 3 is 2.83 bits per heavy atom. The number of rotatable bonds is 3. The normalized spacial score (nSPS) is 26.3. The summed E-state index contributed by atoms with van der Waals surface area (Å²) in [5.74, 6) is 1.37. The molecule has 2 atom stereocenters. The number of anilines is 1. The zero-order valence-corrected chi connectivity index (χ0v) is 18.0. The van der Waals surface area contributed by atoms with Gasteiger partial charge in [-0.1, -0.05) is 12.1 Å². The molecule has 0 N–H and O–H groups in total. The molecule has 0 saturated carbocycles. The number of morpholine rings is 1. The van der Waals surface area contributed by atoms with E-state index in [0.717, 1.165) is 16.9 Å². The number of sulfone groups is 1. The smallest absolute Gasteiger partial charge is 0.237 e. The average Bonchev–Trinajstić information content (AvgIpc) is 3.29. The SMILES string of the molecule is C[C@@H]1COCCN1c1cc([C@@]2(C)CCCS2(=O)=O)nc(-n2cnc3ccccc32)n1. The van der Waals surface area contributed by atoms with Gasteiger partial charge in [0.2, 0.25) is 5.95 Å². The van der Waals surface area contributed by atoms with Crippen LogP contribution in [0.5, 0.6) is 0 Å². The first kappa shape index (κ1) is 19.4. The van der Waals surface area contributed by atoms with Crippen LogP contribution >= 0.6 is 0 Å². The van der Waals surface area contributed by atoms with E-state index in [0.29, 0.717) is 44.2 Å². The Balaban J connectivity index is 1.72. The van der Waals surface area contributed by atoms with Crippen molar-refractivity contribution in [1.82, 2.24) is 19.5 Å². The fourth-order valence-corrected chi connectivity index (χ4v) is 6.25. The van der Waals surface area contributed by atoms with Gasteiger partial charge in [-0.15, -0.1) is 0 Å². The van der Waals surface area contributed by atoms with E-state index in [-0.39, 0.29) is 11.8 Å². The summed E-state index contributed by atoms with van der Waals surface area (Å²) in [4.78, 5) is 16.2. The van der Waals surface area contributed by atoms with Crippen LogP contribution in [0.25, 0.3) is 17.0 Å². The molecule has 0 bridgehead atoms. The molecule has 2 aromatic heterocycles. The molecular weight excluding hydrogens is 402 g/mol. The average molecular weight is 428 g/mol. The third-order valence-corrected chi connectivity index (χ3v) is 8.94. The lowest BCUT2D eigenvalue weighted by molar-refractivity contribution is 0.0985. The molecule has 8 nitrogen and oxygen atoms in total. The van der Waals surface area contributed by atoms with Crippen molar-refractivity contribution in [2.24, 2.45) is 0 Å². The standard InChI is InChI=1S/C21H25N5O3S/c1-15-13-29-10-9-25(15)19-12-18(21(2)8-5-11-30(21,27)28)23-20(24-19)26-14-22-16-6-3-4-7-17(16)26/h3-4,6-7,12,14-15H,5,8-11,13H2,1-2H3/t15-,21-/m1/s1. The van der Waals surface area contributed by atoms with Gasteiger partial charge in [0, 0.05) is 12.6 Å². The van der Waals surface area contributed by atoms with E-state index in [1.54, 1.807) is 13.3 Å². The first-order valence-corrected chi connectivity index (χ1v) is 11.9. The number of para-hydroxylation sites is 2. The van der Waals surface area contributed by atoms with Gasteiger partial charge in [-0.2, -0.15) is 4.98 Å². The lowest BCUT2D eigenvalue weighted by Crippen LogP contribution is -2.44. The minimum absolute atomic E-state index is 0.141. The molecule has 5 rings (SSSR count). The molecule has 0 aliphatic carbocycles. The van der Waals surface area contributed by atoms with Gasteiger partial charge < -0.3 is 9.64 Å². The summed E-state index contributed by atoms with van der Waals surface area (Å²) in [7, 11) is -3.29. The van der Waals surface area contributed by atoms with E-state index in [4.69, 9.17) is 14.7 Å². The lowest BCUT2D eigenvalue weighted by atomic mass is 10.0. The number of nitrogens with zero attached hydrogens (tertiary/aromatic N) is 5. The van der Waals surface area contributed by atoms with Crippen molar-refractivity contribution in [3.8, 4) is 5.95 Å². The van der Waals surface area contributed by atoms with Crippen LogP contribution in [0.15, 0.2) is 36.7 Å². The van der Waals surface area contributed by atoms with Gasteiger partial charge in [0.05, 0.1) is 41.7 Å². The van der Waals surface area contributed by atoms with Gasteiger partial charge in [-0.05, 0) is 38.8 Å². The number of benzene rings is 1. The summed E-state index contributed by atoms with van der Waals surface area (Å²) in [6.45, 7) is 5.80. The summed E-state index contributed by atoms with van der Waals surface area (Å²) < 4.78 is 32.3. The third-order valence-electron chi connectivity index (χ3n) is 6.33. The van der Waals surface area contributed by atoms with Gasteiger partial charge in [0.15, 0.2) is 9.84 Å². The van der Waals surface area contributed by atoms with Crippen LogP contribution < -0.4 is 4.90 Å². The van der Waals surface area contributed by atoms with Gasteiger partial charge in [-0.25, -0.2) is 18.4 Å². The molecule has 30 heavy (non-hydrogen) atoms. The zero-order valence-electron chi connectivity index (χ0n) is 17.2. The summed E-state index contributed by atoms with van der Waals surface area (Å²) in [5.41, 5.74) is 2.28. The molecule has 2 saturated heterocycles. The summed E-state index contributed by atoms with van der Waals surface area (Å²) >= 11 is 0. The van der Waals surface area contributed by atoms with Crippen molar-refractivity contribution in [2.75, 3.05) is 30.4 Å². The molecule has 0 spiro atoms. The number of hydrogen-bond donors (Lipinski definition) is 0. The minimum atomic E-state index is -3.29. The Labute approximate surface area is 175 Å². The predicted molar refractivity (Wildman–Crippen MR) is 115 cm³/mol. The van der Waals surface area contributed by atoms with E-state index in [9.17, 15) is 8.42 Å². The topological polar surface area (TPSA) is 90.2 Å². The van der Waals surface area contributed by atoms with Crippen LogP contribution in [0.4, 0.5) is 5.82 Å². The first-order valence-electron chi connectivity index (χ1n) is 10.3. The molecule has 0 radical (unpaired) electrons. The predicted octanol–water partition coefficient (Wildman–Crippen LogP) is 2.46. The van der Waals surface area contributed by atoms with Crippen LogP contribution in [0.1, 0.15) is 32.4 Å². The summed E-state index contributed by atoms with van der Waals surface area (Å²) in [5, 5.41) is 0. The van der Waals surface area contributed by atoms with Crippen LogP contribution in [-0.2, 0) is 19.3 Å². The van der Waals surface area contributed by atoms with Gasteiger partial charge in [-0.3, -0.25) is 4.57 Å². The maximum atomic E-state index is 12.9. The number of hydrogen-bond acceptors (Lipinski definition) is 7. The molecule has 2 aliphatic heterocycles. The lowest BCUT2D eigenvalue weighted by Gasteiger charge is -2.35. The van der Waals surface area contributed by atoms with Crippen molar-refractivity contribution >= 4 is 26.7 Å². The number of imidazole rings is 1. The fourth-order valence-electron chi connectivity index (χ4n) is 4.40. The highest BCUT2D eigenvalue weighted by molar-refractivity contribution is 7.92. The Morgan fingerprint density at radius 2 is 2.07 bits per heavy atom.